The summed E-state index contributed by atoms with van der Waals surface area (Å²) in [6, 6.07) is 6.07. The first-order valence-corrected chi connectivity index (χ1v) is 7.62. The lowest BCUT2D eigenvalue weighted by Crippen LogP contribution is -2.25. The second-order valence-corrected chi connectivity index (χ2v) is 6.09. The first kappa shape index (κ1) is 14.2. The summed E-state index contributed by atoms with van der Waals surface area (Å²) in [6.45, 7) is 4.09. The number of nitrogens with one attached hydrogen (secondary N) is 1. The zero-order valence-corrected chi connectivity index (χ0v) is 12.0. The van der Waals surface area contributed by atoms with Crippen molar-refractivity contribution in [1.29, 1.82) is 5.41 Å². The Morgan fingerprint density at radius 3 is 2.95 bits per heavy atom. The van der Waals surface area contributed by atoms with Crippen molar-refractivity contribution in [2.24, 2.45) is 11.7 Å². The zero-order chi connectivity index (χ0) is 13.8. The molecule has 0 aliphatic carbocycles. The third kappa shape index (κ3) is 3.04. The van der Waals surface area contributed by atoms with Crippen LogP contribution in [0.25, 0.3) is 0 Å². The number of hydrogen-bond donors (Lipinski definition) is 3. The summed E-state index contributed by atoms with van der Waals surface area (Å²) in [5.74, 6) is 1.42. The molecule has 1 aromatic carbocycles. The molecule has 0 saturated carbocycles. The molecule has 1 unspecified atom stereocenters. The Bertz CT molecular complexity index is 464. The minimum absolute atomic E-state index is 0.124. The van der Waals surface area contributed by atoms with Gasteiger partial charge in [-0.25, -0.2) is 0 Å². The lowest BCUT2D eigenvalue weighted by Gasteiger charge is -2.23. The van der Waals surface area contributed by atoms with Crippen LogP contribution < -0.4 is 10.6 Å². The molecule has 0 amide bonds. The normalized spacial score (nSPS) is 18.8. The van der Waals surface area contributed by atoms with Gasteiger partial charge in [-0.2, -0.15) is 0 Å². The van der Waals surface area contributed by atoms with Gasteiger partial charge in [-0.1, -0.05) is 13.0 Å². The maximum atomic E-state index is 9.25. The molecule has 1 aliphatic heterocycles. The number of nitrogens with zero attached hydrogens (tertiary/aromatic N) is 1. The molecule has 19 heavy (non-hydrogen) atoms. The lowest BCUT2D eigenvalue weighted by molar-refractivity contribution is 0.238. The van der Waals surface area contributed by atoms with Crippen molar-refractivity contribution < 1.29 is 5.11 Å². The molecule has 0 bridgehead atoms. The number of benzene rings is 1. The summed E-state index contributed by atoms with van der Waals surface area (Å²) in [6.07, 6.45) is 0.999. The van der Waals surface area contributed by atoms with Crippen LogP contribution >= 0.6 is 11.8 Å². The second-order valence-electron chi connectivity index (χ2n) is 4.78. The Hall–Kier alpha value is -1.20. The number of hydrogen-bond acceptors (Lipinski definition) is 4. The van der Waals surface area contributed by atoms with Crippen molar-refractivity contribution in [3.8, 4) is 0 Å². The van der Waals surface area contributed by atoms with Crippen molar-refractivity contribution in [3.63, 3.8) is 0 Å². The molecule has 0 aromatic heterocycles. The topological polar surface area (TPSA) is 73.3 Å². The summed E-state index contributed by atoms with van der Waals surface area (Å²) in [7, 11) is 0. The minimum Gasteiger partial charge on any atom is -0.396 e. The predicted octanol–water partition coefficient (Wildman–Crippen LogP) is 1.90. The van der Waals surface area contributed by atoms with Crippen molar-refractivity contribution in [3.05, 3.63) is 23.8 Å². The highest BCUT2D eigenvalue weighted by Gasteiger charge is 2.25. The number of amidine groups is 1. The van der Waals surface area contributed by atoms with Gasteiger partial charge in [-0.05, 0) is 24.3 Å². The van der Waals surface area contributed by atoms with E-state index in [0.717, 1.165) is 41.4 Å². The molecule has 1 aromatic rings. The van der Waals surface area contributed by atoms with Crippen LogP contribution in [0.4, 0.5) is 5.69 Å². The molecule has 1 aliphatic rings. The van der Waals surface area contributed by atoms with Crippen LogP contribution in [0.1, 0.15) is 18.9 Å². The van der Waals surface area contributed by atoms with E-state index in [1.165, 1.54) is 0 Å². The maximum absolute atomic E-state index is 9.25. The highest BCUT2D eigenvalue weighted by Crippen LogP contribution is 2.33. The van der Waals surface area contributed by atoms with Crippen LogP contribution in [0.3, 0.4) is 0 Å². The molecule has 0 spiro atoms. The van der Waals surface area contributed by atoms with Crippen molar-refractivity contribution in [2.75, 3.05) is 30.3 Å². The van der Waals surface area contributed by atoms with Gasteiger partial charge in [0.2, 0.25) is 0 Å². The fraction of sp³-hybridized carbons (Fsp3) is 0.500. The lowest BCUT2D eigenvalue weighted by atomic mass is 10.1. The first-order valence-electron chi connectivity index (χ1n) is 6.63. The van der Waals surface area contributed by atoms with Gasteiger partial charge in [0, 0.05) is 36.2 Å². The fourth-order valence-corrected chi connectivity index (χ4v) is 3.37. The van der Waals surface area contributed by atoms with E-state index in [-0.39, 0.29) is 12.4 Å². The van der Waals surface area contributed by atoms with Gasteiger partial charge in [0.25, 0.3) is 0 Å². The van der Waals surface area contributed by atoms with Crippen LogP contribution in [0, 0.1) is 11.3 Å². The summed E-state index contributed by atoms with van der Waals surface area (Å²) >= 11 is 1.71. The molecule has 1 atom stereocenters. The third-order valence-corrected chi connectivity index (χ3v) is 4.40. The number of nitrogens with two attached hydrogens (primary N) is 1. The van der Waals surface area contributed by atoms with Crippen LogP contribution in [-0.4, -0.2) is 36.4 Å². The standard InChI is InChI=1S/C14H21N3OS/c1-2-19-12-5-3-4-11(13(12)14(15)16)17-7-6-10(8-17)9-18/h3-5,10,18H,2,6-9H2,1H3,(H3,15,16). The summed E-state index contributed by atoms with van der Waals surface area (Å²) in [5, 5.41) is 17.1. The minimum atomic E-state index is 0.124. The first-order chi connectivity index (χ1) is 9.17. The molecule has 2 rings (SSSR count). The highest BCUT2D eigenvalue weighted by atomic mass is 32.2. The van der Waals surface area contributed by atoms with E-state index in [1.54, 1.807) is 11.8 Å². The third-order valence-electron chi connectivity index (χ3n) is 3.46. The van der Waals surface area contributed by atoms with E-state index in [4.69, 9.17) is 11.1 Å². The molecule has 1 heterocycles. The van der Waals surface area contributed by atoms with Gasteiger partial charge < -0.3 is 15.7 Å². The largest absolute Gasteiger partial charge is 0.396 e. The molecule has 4 nitrogen and oxygen atoms in total. The number of thioether (sulfide) groups is 1. The van der Waals surface area contributed by atoms with E-state index in [2.05, 4.69) is 11.8 Å². The predicted molar refractivity (Wildman–Crippen MR) is 81.3 cm³/mol. The highest BCUT2D eigenvalue weighted by molar-refractivity contribution is 7.99. The van der Waals surface area contributed by atoms with Gasteiger partial charge in [-0.3, -0.25) is 5.41 Å². The van der Waals surface area contributed by atoms with Gasteiger partial charge in [0.1, 0.15) is 5.84 Å². The van der Waals surface area contributed by atoms with Crippen molar-refractivity contribution in [1.82, 2.24) is 0 Å². The van der Waals surface area contributed by atoms with E-state index >= 15 is 0 Å². The van der Waals surface area contributed by atoms with E-state index in [9.17, 15) is 5.11 Å². The zero-order valence-electron chi connectivity index (χ0n) is 11.2. The Morgan fingerprint density at radius 2 is 2.37 bits per heavy atom. The quantitative estimate of drug-likeness (QED) is 0.437. The molecule has 104 valence electrons. The average molecular weight is 279 g/mol. The Balaban J connectivity index is 2.34. The fourth-order valence-electron chi connectivity index (χ4n) is 2.53. The summed E-state index contributed by atoms with van der Waals surface area (Å²) in [5.41, 5.74) is 7.64. The monoisotopic (exact) mass is 279 g/mol. The van der Waals surface area contributed by atoms with Crippen LogP contribution in [0.5, 0.6) is 0 Å². The maximum Gasteiger partial charge on any atom is 0.126 e. The SMILES string of the molecule is CCSc1cccc(N2CCC(CO)C2)c1C(=N)N. The van der Waals surface area contributed by atoms with Crippen molar-refractivity contribution >= 4 is 23.3 Å². The number of anilines is 1. The van der Waals surface area contributed by atoms with Gasteiger partial charge in [-0.15, -0.1) is 11.8 Å². The number of rotatable bonds is 5. The van der Waals surface area contributed by atoms with Crippen molar-refractivity contribution in [2.45, 2.75) is 18.2 Å². The van der Waals surface area contributed by atoms with E-state index in [0.29, 0.717) is 5.92 Å². The van der Waals surface area contributed by atoms with Crippen LogP contribution in [0.15, 0.2) is 23.1 Å². The van der Waals surface area contributed by atoms with Gasteiger partial charge in [0.15, 0.2) is 0 Å². The molecule has 1 saturated heterocycles. The average Bonchev–Trinajstić information content (AvgIpc) is 2.87. The van der Waals surface area contributed by atoms with E-state index < -0.39 is 0 Å². The Morgan fingerprint density at radius 1 is 1.58 bits per heavy atom. The number of aliphatic hydroxyl groups excluding tert-OH is 1. The number of aliphatic hydroxyl groups is 1. The number of nitrogen functional groups attached to an aromatic ring is 1. The van der Waals surface area contributed by atoms with Gasteiger partial charge >= 0.3 is 0 Å². The summed E-state index contributed by atoms with van der Waals surface area (Å²) in [4.78, 5) is 3.30. The smallest absolute Gasteiger partial charge is 0.126 e. The molecule has 0 radical (unpaired) electrons. The summed E-state index contributed by atoms with van der Waals surface area (Å²) < 4.78 is 0. The molecular weight excluding hydrogens is 258 g/mol. The second kappa shape index (κ2) is 6.30. The molecule has 4 N–H and O–H groups in total. The Labute approximate surface area is 118 Å². The Kier molecular flexibility index (Phi) is 4.71. The molecule has 1 fully saturated rings. The molecular formula is C14H21N3OS. The van der Waals surface area contributed by atoms with E-state index in [1.807, 2.05) is 18.2 Å². The van der Waals surface area contributed by atoms with Crippen LogP contribution in [-0.2, 0) is 0 Å². The molecule has 5 heteroatoms. The van der Waals surface area contributed by atoms with Gasteiger partial charge in [0.05, 0.1) is 5.56 Å². The van der Waals surface area contributed by atoms with Crippen LogP contribution in [0.2, 0.25) is 0 Å².